The molecule has 4 rings (SSSR count). The average molecular weight is 456 g/mol. The highest BCUT2D eigenvalue weighted by atomic mass is 35.5. The lowest BCUT2D eigenvalue weighted by atomic mass is 10.1. The molecule has 0 spiro atoms. The number of nitrogens with zero attached hydrogens (tertiary/aromatic N) is 3. The van der Waals surface area contributed by atoms with Crippen molar-refractivity contribution in [1.29, 1.82) is 0 Å². The first-order valence-electron chi connectivity index (χ1n) is 9.37. The van der Waals surface area contributed by atoms with Crippen LogP contribution in [0.4, 0.5) is 0 Å². The maximum Gasteiger partial charge on any atom is 0.326 e. The summed E-state index contributed by atoms with van der Waals surface area (Å²) in [6.07, 6.45) is 3.48. The maximum absolute atomic E-state index is 12.5. The van der Waals surface area contributed by atoms with Gasteiger partial charge in [-0.05, 0) is 29.8 Å². The quantitative estimate of drug-likeness (QED) is 0.351. The number of amides is 1. The molecule has 4 aromatic rings. The van der Waals surface area contributed by atoms with Gasteiger partial charge in [0.15, 0.2) is 5.16 Å². The smallest absolute Gasteiger partial charge is 0.326 e. The molecule has 0 aliphatic rings. The number of carboxylic acids is 1. The van der Waals surface area contributed by atoms with E-state index in [2.05, 4.69) is 20.5 Å². The van der Waals surface area contributed by atoms with Crippen molar-refractivity contribution < 1.29 is 14.7 Å². The van der Waals surface area contributed by atoms with Crippen molar-refractivity contribution >= 4 is 46.1 Å². The van der Waals surface area contributed by atoms with E-state index in [0.29, 0.717) is 10.2 Å². The van der Waals surface area contributed by atoms with Crippen molar-refractivity contribution in [3.05, 3.63) is 71.6 Å². The largest absolute Gasteiger partial charge is 0.480 e. The SMILES string of the molecule is O=C(CSc1nncn1-c1cccc(Cl)c1)NC(Cc1c[nH]c2ccccc12)C(=O)O. The van der Waals surface area contributed by atoms with Gasteiger partial charge in [0.1, 0.15) is 12.4 Å². The molecule has 0 fully saturated rings. The van der Waals surface area contributed by atoms with Gasteiger partial charge in [-0.25, -0.2) is 4.79 Å². The van der Waals surface area contributed by atoms with E-state index >= 15 is 0 Å². The van der Waals surface area contributed by atoms with Gasteiger partial charge in [-0.3, -0.25) is 9.36 Å². The van der Waals surface area contributed by atoms with Gasteiger partial charge in [0.25, 0.3) is 0 Å². The van der Waals surface area contributed by atoms with Crippen LogP contribution >= 0.6 is 23.4 Å². The molecule has 1 unspecified atom stereocenters. The van der Waals surface area contributed by atoms with Gasteiger partial charge < -0.3 is 15.4 Å². The molecule has 158 valence electrons. The van der Waals surface area contributed by atoms with Crippen LogP contribution in [0.5, 0.6) is 0 Å². The number of fused-ring (bicyclic) bond motifs is 1. The summed E-state index contributed by atoms with van der Waals surface area (Å²) in [7, 11) is 0. The molecular formula is C21H18ClN5O3S. The second kappa shape index (κ2) is 9.23. The number of aliphatic carboxylic acids is 1. The Morgan fingerprint density at radius 1 is 1.23 bits per heavy atom. The number of carbonyl (C=O) groups excluding carboxylic acids is 1. The topological polar surface area (TPSA) is 113 Å². The number of hydrogen-bond acceptors (Lipinski definition) is 5. The standard InChI is InChI=1S/C21H18ClN5O3S/c22-14-4-3-5-15(9-14)27-12-24-26-21(27)31-11-19(28)25-18(20(29)30)8-13-10-23-17-7-2-1-6-16(13)17/h1-7,9-10,12,18,23H,8,11H2,(H,25,28)(H,29,30). The van der Waals surface area contributed by atoms with Gasteiger partial charge in [0.05, 0.1) is 11.4 Å². The van der Waals surface area contributed by atoms with Gasteiger partial charge >= 0.3 is 5.97 Å². The van der Waals surface area contributed by atoms with Crippen molar-refractivity contribution in [2.45, 2.75) is 17.6 Å². The third-order valence-electron chi connectivity index (χ3n) is 4.67. The summed E-state index contributed by atoms with van der Waals surface area (Å²) in [4.78, 5) is 27.3. The summed E-state index contributed by atoms with van der Waals surface area (Å²) < 4.78 is 1.71. The van der Waals surface area contributed by atoms with Crippen molar-refractivity contribution in [2.75, 3.05) is 5.75 Å². The predicted molar refractivity (Wildman–Crippen MR) is 119 cm³/mol. The number of rotatable bonds is 8. The first kappa shape index (κ1) is 21.0. The van der Waals surface area contributed by atoms with Crippen LogP contribution in [0.1, 0.15) is 5.56 Å². The monoisotopic (exact) mass is 455 g/mol. The number of para-hydroxylation sites is 1. The molecule has 1 amide bonds. The van der Waals surface area contributed by atoms with E-state index in [1.54, 1.807) is 29.0 Å². The third kappa shape index (κ3) is 4.89. The Hall–Kier alpha value is -3.30. The lowest BCUT2D eigenvalue weighted by Gasteiger charge is -2.14. The van der Waals surface area contributed by atoms with Gasteiger partial charge in [-0.15, -0.1) is 10.2 Å². The van der Waals surface area contributed by atoms with Crippen LogP contribution < -0.4 is 5.32 Å². The fourth-order valence-corrected chi connectivity index (χ4v) is 4.14. The maximum atomic E-state index is 12.5. The van der Waals surface area contributed by atoms with E-state index in [0.717, 1.165) is 33.9 Å². The highest BCUT2D eigenvalue weighted by Gasteiger charge is 2.22. The Morgan fingerprint density at radius 3 is 2.87 bits per heavy atom. The number of benzene rings is 2. The molecule has 2 heterocycles. The minimum absolute atomic E-state index is 0.00305. The Labute approximate surface area is 186 Å². The highest BCUT2D eigenvalue weighted by Crippen LogP contribution is 2.22. The summed E-state index contributed by atoms with van der Waals surface area (Å²) in [5, 5.41) is 22.1. The zero-order valence-corrected chi connectivity index (χ0v) is 17.7. The Kier molecular flexibility index (Phi) is 6.24. The molecular weight excluding hydrogens is 438 g/mol. The van der Waals surface area contributed by atoms with Crippen LogP contribution in [0.3, 0.4) is 0 Å². The predicted octanol–water partition coefficient (Wildman–Crippen LogP) is 3.31. The zero-order chi connectivity index (χ0) is 21.8. The van der Waals surface area contributed by atoms with E-state index in [9.17, 15) is 14.7 Å². The minimum atomic E-state index is -1.09. The van der Waals surface area contributed by atoms with E-state index < -0.39 is 17.9 Å². The average Bonchev–Trinajstić information content (AvgIpc) is 3.39. The van der Waals surface area contributed by atoms with Crippen molar-refractivity contribution in [3.8, 4) is 5.69 Å². The molecule has 0 saturated carbocycles. The minimum Gasteiger partial charge on any atom is -0.480 e. The molecule has 31 heavy (non-hydrogen) atoms. The molecule has 1 atom stereocenters. The second-order valence-electron chi connectivity index (χ2n) is 6.77. The first-order chi connectivity index (χ1) is 15.0. The number of halogens is 1. The molecule has 0 aliphatic heterocycles. The number of aromatic amines is 1. The summed E-state index contributed by atoms with van der Waals surface area (Å²) in [6.45, 7) is 0. The normalized spacial score (nSPS) is 12.0. The molecule has 0 saturated heterocycles. The molecule has 0 bridgehead atoms. The second-order valence-corrected chi connectivity index (χ2v) is 8.15. The molecule has 10 heteroatoms. The first-order valence-corrected chi connectivity index (χ1v) is 10.7. The van der Waals surface area contributed by atoms with Crippen LogP contribution in [0, 0.1) is 0 Å². The summed E-state index contributed by atoms with van der Waals surface area (Å²) in [5.74, 6) is -1.50. The summed E-state index contributed by atoms with van der Waals surface area (Å²) >= 11 is 7.20. The number of hydrogen-bond donors (Lipinski definition) is 3. The number of carboxylic acid groups (broad SMARTS) is 1. The fourth-order valence-electron chi connectivity index (χ4n) is 3.21. The number of thioether (sulfide) groups is 1. The number of nitrogens with one attached hydrogen (secondary N) is 2. The molecule has 2 aromatic heterocycles. The van der Waals surface area contributed by atoms with Crippen molar-refractivity contribution in [3.63, 3.8) is 0 Å². The van der Waals surface area contributed by atoms with Crippen LogP contribution in [-0.4, -0.2) is 48.5 Å². The summed E-state index contributed by atoms with van der Waals surface area (Å²) in [5.41, 5.74) is 2.52. The van der Waals surface area contributed by atoms with Gasteiger partial charge in [-0.2, -0.15) is 0 Å². The Bertz CT molecular complexity index is 1240. The Morgan fingerprint density at radius 2 is 2.06 bits per heavy atom. The van der Waals surface area contributed by atoms with Crippen molar-refractivity contribution in [1.82, 2.24) is 25.1 Å². The zero-order valence-electron chi connectivity index (χ0n) is 16.2. The van der Waals surface area contributed by atoms with E-state index in [-0.39, 0.29) is 12.2 Å². The number of carbonyl (C=O) groups is 2. The highest BCUT2D eigenvalue weighted by molar-refractivity contribution is 7.99. The lowest BCUT2D eigenvalue weighted by Crippen LogP contribution is -2.43. The fraction of sp³-hybridized carbons (Fsp3) is 0.143. The van der Waals surface area contributed by atoms with E-state index in [1.807, 2.05) is 30.3 Å². The third-order valence-corrected chi connectivity index (χ3v) is 5.85. The van der Waals surface area contributed by atoms with Crippen LogP contribution in [-0.2, 0) is 16.0 Å². The molecule has 0 radical (unpaired) electrons. The van der Waals surface area contributed by atoms with Crippen LogP contribution in [0.25, 0.3) is 16.6 Å². The molecule has 3 N–H and O–H groups in total. The van der Waals surface area contributed by atoms with Crippen LogP contribution in [0.15, 0.2) is 66.2 Å². The van der Waals surface area contributed by atoms with E-state index in [1.165, 1.54) is 6.33 Å². The van der Waals surface area contributed by atoms with Crippen LogP contribution in [0.2, 0.25) is 5.02 Å². The van der Waals surface area contributed by atoms with Gasteiger partial charge in [-0.1, -0.05) is 47.6 Å². The molecule has 0 aliphatic carbocycles. The molecule has 2 aromatic carbocycles. The summed E-state index contributed by atoms with van der Waals surface area (Å²) in [6, 6.07) is 13.8. The lowest BCUT2D eigenvalue weighted by molar-refractivity contribution is -0.141. The van der Waals surface area contributed by atoms with Gasteiger partial charge in [0.2, 0.25) is 5.91 Å². The van der Waals surface area contributed by atoms with Crippen molar-refractivity contribution in [2.24, 2.45) is 0 Å². The Balaban J connectivity index is 1.41. The molecule has 8 nitrogen and oxygen atoms in total. The number of H-pyrrole nitrogens is 1. The van der Waals surface area contributed by atoms with Gasteiger partial charge in [0, 0.05) is 28.5 Å². The van der Waals surface area contributed by atoms with E-state index in [4.69, 9.17) is 11.6 Å². The number of aromatic nitrogens is 4.